The maximum Gasteiger partial charge on any atom is 0.310 e. The molecule has 0 saturated heterocycles. The first-order valence-electron chi connectivity index (χ1n) is 9.69. The van der Waals surface area contributed by atoms with E-state index in [1.54, 1.807) is 0 Å². The molecule has 2 saturated carbocycles. The van der Waals surface area contributed by atoms with Crippen LogP contribution in [0.3, 0.4) is 0 Å². The Hall–Kier alpha value is -1.32. The maximum absolute atomic E-state index is 12.7. The van der Waals surface area contributed by atoms with Crippen molar-refractivity contribution in [3.05, 3.63) is 12.2 Å². The molecule has 0 amide bonds. The summed E-state index contributed by atoms with van der Waals surface area (Å²) in [5.41, 5.74) is 0. The molecule has 0 heterocycles. The van der Waals surface area contributed by atoms with E-state index in [9.17, 15) is 9.59 Å². The average Bonchev–Trinajstić information content (AvgIpc) is 3.26. The Bertz CT molecular complexity index is 498. The Kier molecular flexibility index (Phi) is 5.62. The van der Waals surface area contributed by atoms with Crippen molar-refractivity contribution in [2.24, 2.45) is 35.5 Å². The molecule has 3 rings (SSSR count). The topological polar surface area (TPSA) is 52.6 Å². The minimum absolute atomic E-state index is 0.168. The lowest BCUT2D eigenvalue weighted by atomic mass is 9.69. The van der Waals surface area contributed by atoms with E-state index < -0.39 is 0 Å². The van der Waals surface area contributed by atoms with Gasteiger partial charge in [0.15, 0.2) is 0 Å². The predicted octanol–water partition coefficient (Wildman–Crippen LogP) is 3.75. The van der Waals surface area contributed by atoms with Gasteiger partial charge in [-0.1, -0.05) is 38.8 Å². The molecule has 0 aromatic carbocycles. The molecule has 134 valence electrons. The quantitative estimate of drug-likeness (QED) is 0.385. The maximum atomic E-state index is 12.7. The van der Waals surface area contributed by atoms with Crippen LogP contribution in [0.5, 0.6) is 0 Å². The minimum Gasteiger partial charge on any atom is -0.465 e. The molecule has 4 heteroatoms. The van der Waals surface area contributed by atoms with Crippen LogP contribution < -0.4 is 0 Å². The Morgan fingerprint density at radius 1 is 0.917 bits per heavy atom. The summed E-state index contributed by atoms with van der Waals surface area (Å²) in [6, 6.07) is 0. The van der Waals surface area contributed by atoms with Crippen LogP contribution in [0.1, 0.15) is 52.4 Å². The van der Waals surface area contributed by atoms with Crippen molar-refractivity contribution in [3.63, 3.8) is 0 Å². The molecule has 0 aromatic heterocycles. The molecule has 24 heavy (non-hydrogen) atoms. The third-order valence-electron chi connectivity index (χ3n) is 6.19. The van der Waals surface area contributed by atoms with Crippen LogP contribution in [-0.2, 0) is 19.1 Å². The van der Waals surface area contributed by atoms with Crippen LogP contribution in [0.15, 0.2) is 12.2 Å². The summed E-state index contributed by atoms with van der Waals surface area (Å²) in [5.74, 6) is 0.597. The number of ether oxygens (including phenoxy) is 2. The number of carbonyl (C=O) groups excluding carboxylic acids is 2. The van der Waals surface area contributed by atoms with Gasteiger partial charge in [0, 0.05) is 0 Å². The highest BCUT2D eigenvalue weighted by molar-refractivity contribution is 5.84. The lowest BCUT2D eigenvalue weighted by Gasteiger charge is -2.35. The van der Waals surface area contributed by atoms with Crippen LogP contribution in [0.2, 0.25) is 0 Å². The number of unbranched alkanes of at least 4 members (excludes halogenated alkanes) is 2. The smallest absolute Gasteiger partial charge is 0.310 e. The molecule has 6 atom stereocenters. The molecule has 3 aliphatic rings. The molecular formula is C20H30O4. The van der Waals surface area contributed by atoms with Crippen LogP contribution >= 0.6 is 0 Å². The Morgan fingerprint density at radius 2 is 1.50 bits per heavy atom. The number of hydrogen-bond acceptors (Lipinski definition) is 4. The molecule has 4 nitrogen and oxygen atoms in total. The fraction of sp³-hybridized carbons (Fsp3) is 0.800. The number of esters is 2. The van der Waals surface area contributed by atoms with E-state index in [2.05, 4.69) is 26.0 Å². The second-order valence-electron chi connectivity index (χ2n) is 7.56. The standard InChI is InChI=1S/C20H30O4/c1-3-5-10-23-19(21)17-15-12-16(14-9-7-8-13(14)15)18(17)20(22)24-11-6-4-2/h7-8,13-18H,3-6,9-12H2,1-2H3. The highest BCUT2D eigenvalue weighted by Gasteiger charge is 2.63. The summed E-state index contributed by atoms with van der Waals surface area (Å²) in [6.07, 6.45) is 10.3. The van der Waals surface area contributed by atoms with Crippen molar-refractivity contribution in [3.8, 4) is 0 Å². The second kappa shape index (κ2) is 7.71. The van der Waals surface area contributed by atoms with E-state index in [0.717, 1.165) is 38.5 Å². The summed E-state index contributed by atoms with van der Waals surface area (Å²) >= 11 is 0. The fourth-order valence-corrected chi connectivity index (χ4v) is 5.06. The normalized spacial score (nSPS) is 35.9. The molecule has 6 unspecified atom stereocenters. The summed E-state index contributed by atoms with van der Waals surface area (Å²) < 4.78 is 11.0. The van der Waals surface area contributed by atoms with Gasteiger partial charge in [-0.15, -0.1) is 0 Å². The van der Waals surface area contributed by atoms with Crippen LogP contribution in [0.25, 0.3) is 0 Å². The number of rotatable bonds is 8. The monoisotopic (exact) mass is 334 g/mol. The third kappa shape index (κ3) is 3.12. The van der Waals surface area contributed by atoms with E-state index in [1.807, 2.05) is 0 Å². The molecule has 0 N–H and O–H groups in total. The van der Waals surface area contributed by atoms with Crippen molar-refractivity contribution in [1.82, 2.24) is 0 Å². The highest BCUT2D eigenvalue weighted by atomic mass is 16.5. The Labute approximate surface area is 145 Å². The van der Waals surface area contributed by atoms with E-state index in [4.69, 9.17) is 9.47 Å². The Balaban J connectivity index is 1.71. The van der Waals surface area contributed by atoms with Crippen LogP contribution in [-0.4, -0.2) is 25.2 Å². The zero-order valence-corrected chi connectivity index (χ0v) is 14.9. The minimum atomic E-state index is -0.301. The van der Waals surface area contributed by atoms with E-state index in [-0.39, 0.29) is 35.6 Å². The van der Waals surface area contributed by atoms with Gasteiger partial charge in [-0.25, -0.2) is 0 Å². The molecular weight excluding hydrogens is 304 g/mol. The molecule has 0 spiro atoms. The molecule has 0 aromatic rings. The summed E-state index contributed by atoms with van der Waals surface area (Å²) in [5, 5.41) is 0. The van der Waals surface area contributed by atoms with Gasteiger partial charge in [0.1, 0.15) is 0 Å². The van der Waals surface area contributed by atoms with Crippen molar-refractivity contribution in [2.75, 3.05) is 13.2 Å². The van der Waals surface area contributed by atoms with Crippen molar-refractivity contribution in [2.45, 2.75) is 52.4 Å². The van der Waals surface area contributed by atoms with Gasteiger partial charge in [0.2, 0.25) is 0 Å². The highest BCUT2D eigenvalue weighted by Crippen LogP contribution is 2.62. The van der Waals surface area contributed by atoms with Crippen molar-refractivity contribution >= 4 is 11.9 Å². The van der Waals surface area contributed by atoms with Gasteiger partial charge in [0.25, 0.3) is 0 Å². The average molecular weight is 334 g/mol. The molecule has 2 bridgehead atoms. The third-order valence-corrected chi connectivity index (χ3v) is 6.19. The SMILES string of the molecule is CCCCOC(=O)C1C2CC(C3CC=CC32)C1C(=O)OCCCC. The first kappa shape index (κ1) is 17.5. The largest absolute Gasteiger partial charge is 0.465 e. The zero-order valence-electron chi connectivity index (χ0n) is 14.9. The zero-order chi connectivity index (χ0) is 17.1. The number of fused-ring (bicyclic) bond motifs is 5. The van der Waals surface area contributed by atoms with E-state index in [0.29, 0.717) is 25.0 Å². The number of allylic oxidation sites excluding steroid dienone is 2. The van der Waals surface area contributed by atoms with Gasteiger partial charge in [-0.3, -0.25) is 9.59 Å². The second-order valence-corrected chi connectivity index (χ2v) is 7.56. The van der Waals surface area contributed by atoms with Gasteiger partial charge < -0.3 is 9.47 Å². The van der Waals surface area contributed by atoms with Gasteiger partial charge >= 0.3 is 11.9 Å². The van der Waals surface area contributed by atoms with E-state index in [1.165, 1.54) is 0 Å². The Morgan fingerprint density at radius 3 is 2.08 bits per heavy atom. The predicted molar refractivity (Wildman–Crippen MR) is 91.0 cm³/mol. The number of carbonyl (C=O) groups is 2. The van der Waals surface area contributed by atoms with Crippen molar-refractivity contribution in [1.29, 1.82) is 0 Å². The molecule has 2 fully saturated rings. The van der Waals surface area contributed by atoms with E-state index >= 15 is 0 Å². The molecule has 0 aliphatic heterocycles. The lowest BCUT2D eigenvalue weighted by Crippen LogP contribution is -2.42. The van der Waals surface area contributed by atoms with Gasteiger partial charge in [0.05, 0.1) is 25.0 Å². The molecule has 3 aliphatic carbocycles. The first-order chi connectivity index (χ1) is 11.7. The fourth-order valence-electron chi connectivity index (χ4n) is 5.06. The summed E-state index contributed by atoms with van der Waals surface area (Å²) in [7, 11) is 0. The van der Waals surface area contributed by atoms with Gasteiger partial charge in [-0.2, -0.15) is 0 Å². The van der Waals surface area contributed by atoms with Gasteiger partial charge in [-0.05, 0) is 49.4 Å². The van der Waals surface area contributed by atoms with Crippen molar-refractivity contribution < 1.29 is 19.1 Å². The number of hydrogen-bond donors (Lipinski definition) is 0. The summed E-state index contributed by atoms with van der Waals surface area (Å²) in [4.78, 5) is 25.4. The van der Waals surface area contributed by atoms with Crippen LogP contribution in [0.4, 0.5) is 0 Å². The first-order valence-corrected chi connectivity index (χ1v) is 9.69. The lowest BCUT2D eigenvalue weighted by molar-refractivity contribution is -0.165. The van der Waals surface area contributed by atoms with Crippen LogP contribution in [0, 0.1) is 35.5 Å². The summed E-state index contributed by atoms with van der Waals surface area (Å²) in [6.45, 7) is 5.08. The molecule has 0 radical (unpaired) electrons.